The summed E-state index contributed by atoms with van der Waals surface area (Å²) in [6, 6.07) is 10.8. The van der Waals surface area contributed by atoms with Crippen molar-refractivity contribution in [2.75, 3.05) is 0 Å². The summed E-state index contributed by atoms with van der Waals surface area (Å²) in [5.41, 5.74) is 2.70. The van der Waals surface area contributed by atoms with Gasteiger partial charge >= 0.3 is 0 Å². The van der Waals surface area contributed by atoms with E-state index in [0.29, 0.717) is 11.1 Å². The second-order valence-corrected chi connectivity index (χ2v) is 4.56. The van der Waals surface area contributed by atoms with Crippen molar-refractivity contribution in [2.45, 2.75) is 6.92 Å². The molecule has 3 rings (SSSR count). The van der Waals surface area contributed by atoms with Crippen molar-refractivity contribution in [1.29, 1.82) is 0 Å². The molecule has 0 fully saturated rings. The van der Waals surface area contributed by atoms with E-state index in [2.05, 4.69) is 9.97 Å². The van der Waals surface area contributed by atoms with Gasteiger partial charge in [-0.05, 0) is 30.2 Å². The maximum Gasteiger partial charge on any atom is 0.160 e. The number of phenols is 1. The molecule has 4 heteroatoms. The Bertz CT molecular complexity index is 812. The quantitative estimate of drug-likeness (QED) is 0.722. The van der Waals surface area contributed by atoms with Crippen molar-refractivity contribution in [3.63, 3.8) is 0 Å². The Hall–Kier alpha value is -2.75. The standard InChI is InChI=1S/C16H12N2O2/c1-10(19)13-4-2-3-5-14(13)11-6-12-8-17-9-18-16(12)15(20)7-11/h2-9,20H,1H3. The number of hydrogen-bond acceptors (Lipinski definition) is 4. The Kier molecular flexibility index (Phi) is 2.91. The van der Waals surface area contributed by atoms with Gasteiger partial charge in [0.1, 0.15) is 17.6 Å². The first-order valence-corrected chi connectivity index (χ1v) is 6.20. The highest BCUT2D eigenvalue weighted by molar-refractivity contribution is 6.02. The zero-order chi connectivity index (χ0) is 14.1. The number of hydrogen-bond donors (Lipinski definition) is 1. The van der Waals surface area contributed by atoms with Crippen LogP contribution in [0.4, 0.5) is 0 Å². The van der Waals surface area contributed by atoms with Gasteiger partial charge in [0.25, 0.3) is 0 Å². The first-order chi connectivity index (χ1) is 9.66. The summed E-state index contributed by atoms with van der Waals surface area (Å²) in [6.45, 7) is 1.53. The van der Waals surface area contributed by atoms with Crippen LogP contribution in [-0.4, -0.2) is 20.9 Å². The maximum absolute atomic E-state index is 11.7. The van der Waals surface area contributed by atoms with Gasteiger partial charge in [-0.3, -0.25) is 4.79 Å². The van der Waals surface area contributed by atoms with Crippen molar-refractivity contribution in [3.8, 4) is 16.9 Å². The van der Waals surface area contributed by atoms with E-state index in [1.54, 1.807) is 18.3 Å². The molecule has 0 aliphatic rings. The highest BCUT2D eigenvalue weighted by atomic mass is 16.3. The molecule has 0 amide bonds. The number of benzene rings is 2. The minimum absolute atomic E-state index is 0.00972. The lowest BCUT2D eigenvalue weighted by atomic mass is 9.96. The molecule has 0 aliphatic heterocycles. The van der Waals surface area contributed by atoms with Gasteiger partial charge in [-0.2, -0.15) is 0 Å². The average molecular weight is 264 g/mol. The van der Waals surface area contributed by atoms with Crippen LogP contribution in [-0.2, 0) is 0 Å². The summed E-state index contributed by atoms with van der Waals surface area (Å²) in [5.74, 6) is 0.0720. The average Bonchev–Trinajstić information content (AvgIpc) is 2.47. The molecule has 0 radical (unpaired) electrons. The molecule has 0 atom stereocenters. The Morgan fingerprint density at radius 2 is 2.00 bits per heavy atom. The van der Waals surface area contributed by atoms with Crippen molar-refractivity contribution < 1.29 is 9.90 Å². The van der Waals surface area contributed by atoms with Crippen LogP contribution in [0, 0.1) is 0 Å². The number of phenolic OH excluding ortho intramolecular Hbond substituents is 1. The molecule has 0 unspecified atom stereocenters. The van der Waals surface area contributed by atoms with E-state index >= 15 is 0 Å². The predicted molar refractivity (Wildman–Crippen MR) is 76.6 cm³/mol. The Morgan fingerprint density at radius 3 is 2.80 bits per heavy atom. The van der Waals surface area contributed by atoms with E-state index in [-0.39, 0.29) is 11.5 Å². The first-order valence-electron chi connectivity index (χ1n) is 6.20. The summed E-state index contributed by atoms with van der Waals surface area (Å²) < 4.78 is 0. The number of aromatic hydroxyl groups is 1. The fraction of sp³-hybridized carbons (Fsp3) is 0.0625. The topological polar surface area (TPSA) is 63.1 Å². The molecule has 3 aromatic rings. The van der Waals surface area contributed by atoms with Crippen LogP contribution >= 0.6 is 0 Å². The smallest absolute Gasteiger partial charge is 0.160 e. The number of carbonyl (C=O) groups excluding carboxylic acids is 1. The van der Waals surface area contributed by atoms with Crippen LogP contribution in [0.25, 0.3) is 22.0 Å². The molecule has 2 aromatic carbocycles. The fourth-order valence-electron chi connectivity index (χ4n) is 2.28. The minimum atomic E-state index is -0.00972. The number of carbonyl (C=O) groups is 1. The van der Waals surface area contributed by atoms with Crippen molar-refractivity contribution in [1.82, 2.24) is 9.97 Å². The third-order valence-electron chi connectivity index (χ3n) is 3.20. The molecule has 1 aromatic heterocycles. The van der Waals surface area contributed by atoms with Gasteiger partial charge in [0, 0.05) is 17.1 Å². The van der Waals surface area contributed by atoms with Gasteiger partial charge in [-0.1, -0.05) is 24.3 Å². The predicted octanol–water partition coefficient (Wildman–Crippen LogP) is 3.21. The van der Waals surface area contributed by atoms with Gasteiger partial charge in [-0.15, -0.1) is 0 Å². The van der Waals surface area contributed by atoms with Crippen LogP contribution in [0.15, 0.2) is 48.9 Å². The highest BCUT2D eigenvalue weighted by Gasteiger charge is 2.11. The number of fused-ring (bicyclic) bond motifs is 1. The maximum atomic E-state index is 11.7. The fourth-order valence-corrected chi connectivity index (χ4v) is 2.28. The third-order valence-corrected chi connectivity index (χ3v) is 3.20. The Labute approximate surface area is 115 Å². The lowest BCUT2D eigenvalue weighted by Crippen LogP contribution is -1.95. The molecule has 0 bridgehead atoms. The molecule has 1 N–H and O–H groups in total. The van der Waals surface area contributed by atoms with E-state index in [1.807, 2.05) is 24.3 Å². The number of Topliss-reactive ketones (excluding diaryl/α,β-unsaturated/α-hetero) is 1. The molecule has 0 saturated heterocycles. The van der Waals surface area contributed by atoms with Gasteiger partial charge in [0.15, 0.2) is 5.78 Å². The summed E-state index contributed by atoms with van der Waals surface area (Å²) >= 11 is 0. The lowest BCUT2D eigenvalue weighted by molar-refractivity contribution is 0.101. The molecule has 1 heterocycles. The Morgan fingerprint density at radius 1 is 1.20 bits per heavy atom. The molecule has 0 spiro atoms. The second-order valence-electron chi connectivity index (χ2n) is 4.56. The number of nitrogens with zero attached hydrogens (tertiary/aromatic N) is 2. The number of ketones is 1. The molecule has 20 heavy (non-hydrogen) atoms. The van der Waals surface area contributed by atoms with E-state index in [0.717, 1.165) is 16.5 Å². The molecule has 0 aliphatic carbocycles. The molecular weight excluding hydrogens is 252 g/mol. The van der Waals surface area contributed by atoms with E-state index in [1.165, 1.54) is 13.3 Å². The summed E-state index contributed by atoms with van der Waals surface area (Å²) in [7, 11) is 0. The normalized spacial score (nSPS) is 10.7. The highest BCUT2D eigenvalue weighted by Crippen LogP contribution is 2.31. The van der Waals surface area contributed by atoms with Gasteiger partial charge in [0.2, 0.25) is 0 Å². The van der Waals surface area contributed by atoms with Crippen LogP contribution in [0.3, 0.4) is 0 Å². The lowest BCUT2D eigenvalue weighted by Gasteiger charge is -2.09. The summed E-state index contributed by atoms with van der Waals surface area (Å²) in [4.78, 5) is 19.7. The van der Waals surface area contributed by atoms with E-state index in [4.69, 9.17) is 0 Å². The first kappa shape index (κ1) is 12.3. The van der Waals surface area contributed by atoms with Gasteiger partial charge < -0.3 is 5.11 Å². The van der Waals surface area contributed by atoms with Crippen LogP contribution in [0.5, 0.6) is 5.75 Å². The minimum Gasteiger partial charge on any atom is -0.506 e. The largest absolute Gasteiger partial charge is 0.506 e. The van der Waals surface area contributed by atoms with Crippen molar-refractivity contribution in [3.05, 3.63) is 54.5 Å². The molecule has 4 nitrogen and oxygen atoms in total. The van der Waals surface area contributed by atoms with E-state index < -0.39 is 0 Å². The van der Waals surface area contributed by atoms with Crippen LogP contribution in [0.1, 0.15) is 17.3 Å². The zero-order valence-corrected chi connectivity index (χ0v) is 10.9. The van der Waals surface area contributed by atoms with Crippen LogP contribution < -0.4 is 0 Å². The van der Waals surface area contributed by atoms with Crippen molar-refractivity contribution in [2.24, 2.45) is 0 Å². The van der Waals surface area contributed by atoms with Crippen molar-refractivity contribution >= 4 is 16.7 Å². The third kappa shape index (κ3) is 2.01. The number of aromatic nitrogens is 2. The Balaban J connectivity index is 2.28. The second kappa shape index (κ2) is 4.74. The van der Waals surface area contributed by atoms with Crippen LogP contribution in [0.2, 0.25) is 0 Å². The van der Waals surface area contributed by atoms with E-state index in [9.17, 15) is 9.90 Å². The number of rotatable bonds is 2. The van der Waals surface area contributed by atoms with Gasteiger partial charge in [0.05, 0.1) is 0 Å². The molecular formula is C16H12N2O2. The van der Waals surface area contributed by atoms with Gasteiger partial charge in [-0.25, -0.2) is 9.97 Å². The SMILES string of the molecule is CC(=O)c1ccccc1-c1cc(O)c2ncncc2c1. The summed E-state index contributed by atoms with van der Waals surface area (Å²) in [5, 5.41) is 10.8. The monoisotopic (exact) mass is 264 g/mol. The molecule has 0 saturated carbocycles. The zero-order valence-electron chi connectivity index (χ0n) is 10.9. The molecule has 98 valence electrons. The summed E-state index contributed by atoms with van der Waals surface area (Å²) in [6.07, 6.45) is 3.03.